The molecular formula is C13H16FN3O. The average molecular weight is 249 g/mol. The summed E-state index contributed by atoms with van der Waals surface area (Å²) in [5, 5.41) is 14.2. The van der Waals surface area contributed by atoms with Crippen LogP contribution in [0.3, 0.4) is 0 Å². The molecule has 1 aromatic heterocycles. The molecule has 1 N–H and O–H groups in total. The number of hydrogen-bond donors (Lipinski definition) is 1. The van der Waals surface area contributed by atoms with Crippen molar-refractivity contribution in [3.05, 3.63) is 47.3 Å². The van der Waals surface area contributed by atoms with Crippen LogP contribution in [0, 0.1) is 12.7 Å². The minimum Gasteiger partial charge on any atom is -0.388 e. The van der Waals surface area contributed by atoms with Crippen molar-refractivity contribution in [2.45, 2.75) is 32.9 Å². The molecule has 0 aliphatic rings. The van der Waals surface area contributed by atoms with Gasteiger partial charge in [0.15, 0.2) is 0 Å². The van der Waals surface area contributed by atoms with Crippen molar-refractivity contribution in [3.63, 3.8) is 0 Å². The third-order valence-corrected chi connectivity index (χ3v) is 2.94. The fourth-order valence-corrected chi connectivity index (χ4v) is 1.88. The summed E-state index contributed by atoms with van der Waals surface area (Å²) in [5.74, 6) is 0.467. The number of aliphatic hydroxyl groups is 1. The Kier molecular flexibility index (Phi) is 3.72. The number of aromatic nitrogens is 3. The molecule has 0 fully saturated rings. The first-order valence-electron chi connectivity index (χ1n) is 5.92. The van der Waals surface area contributed by atoms with E-state index in [-0.39, 0.29) is 5.82 Å². The second-order valence-electron chi connectivity index (χ2n) is 4.22. The summed E-state index contributed by atoms with van der Waals surface area (Å²) in [5.41, 5.74) is 1.23. The smallest absolute Gasteiger partial charge is 0.138 e. The fraction of sp³-hybridized carbons (Fsp3) is 0.385. The molecule has 1 atom stereocenters. The molecule has 0 aliphatic carbocycles. The fourth-order valence-electron chi connectivity index (χ4n) is 1.88. The van der Waals surface area contributed by atoms with E-state index >= 15 is 0 Å². The van der Waals surface area contributed by atoms with Gasteiger partial charge in [-0.2, -0.15) is 5.10 Å². The molecule has 1 aromatic carbocycles. The van der Waals surface area contributed by atoms with Crippen LogP contribution in [0.5, 0.6) is 0 Å². The highest BCUT2D eigenvalue weighted by atomic mass is 19.1. The summed E-state index contributed by atoms with van der Waals surface area (Å²) in [7, 11) is 0. The van der Waals surface area contributed by atoms with Crippen molar-refractivity contribution in [1.82, 2.24) is 14.8 Å². The lowest BCUT2D eigenvalue weighted by Crippen LogP contribution is -2.09. The van der Waals surface area contributed by atoms with Crippen LogP contribution in [0.1, 0.15) is 30.0 Å². The van der Waals surface area contributed by atoms with Crippen molar-refractivity contribution in [1.29, 1.82) is 0 Å². The van der Waals surface area contributed by atoms with Gasteiger partial charge in [-0.3, -0.25) is 4.68 Å². The standard InChI is InChI=1S/C13H16FN3O/c1-3-17-13(15-8-16-17)7-12(18)10-4-5-11(14)9(2)6-10/h4-6,8,12,18H,3,7H2,1-2H3. The zero-order chi connectivity index (χ0) is 13.1. The molecule has 18 heavy (non-hydrogen) atoms. The maximum absolute atomic E-state index is 13.2. The molecule has 5 heteroatoms. The second kappa shape index (κ2) is 5.27. The summed E-state index contributed by atoms with van der Waals surface area (Å²) in [6, 6.07) is 4.63. The van der Waals surface area contributed by atoms with Gasteiger partial charge >= 0.3 is 0 Å². The van der Waals surface area contributed by atoms with Crippen molar-refractivity contribution in [2.75, 3.05) is 0 Å². The number of aliphatic hydroxyl groups excluding tert-OH is 1. The van der Waals surface area contributed by atoms with E-state index in [1.165, 1.54) is 12.4 Å². The predicted molar refractivity (Wildman–Crippen MR) is 65.5 cm³/mol. The third kappa shape index (κ3) is 2.56. The van der Waals surface area contributed by atoms with E-state index in [1.807, 2.05) is 6.92 Å². The Bertz CT molecular complexity index is 539. The molecule has 1 heterocycles. The minimum atomic E-state index is -0.696. The van der Waals surface area contributed by atoms with Crippen LogP contribution in [0.4, 0.5) is 4.39 Å². The van der Waals surface area contributed by atoms with Crippen molar-refractivity contribution in [3.8, 4) is 0 Å². The van der Waals surface area contributed by atoms with Crippen molar-refractivity contribution < 1.29 is 9.50 Å². The van der Waals surface area contributed by atoms with E-state index in [0.29, 0.717) is 24.1 Å². The van der Waals surface area contributed by atoms with Gasteiger partial charge in [-0.05, 0) is 31.0 Å². The number of rotatable bonds is 4. The molecule has 0 bridgehead atoms. The van der Waals surface area contributed by atoms with E-state index in [9.17, 15) is 9.50 Å². The Hall–Kier alpha value is -1.75. The van der Waals surface area contributed by atoms with Crippen LogP contribution < -0.4 is 0 Å². The summed E-state index contributed by atoms with van der Waals surface area (Å²) >= 11 is 0. The molecule has 0 aliphatic heterocycles. The van der Waals surface area contributed by atoms with Gasteiger partial charge in [0.1, 0.15) is 18.0 Å². The van der Waals surface area contributed by atoms with Gasteiger partial charge in [-0.25, -0.2) is 9.37 Å². The lowest BCUT2D eigenvalue weighted by Gasteiger charge is -2.12. The molecule has 96 valence electrons. The van der Waals surface area contributed by atoms with Crippen LogP contribution in [0.15, 0.2) is 24.5 Å². The molecule has 1 unspecified atom stereocenters. The van der Waals surface area contributed by atoms with E-state index in [1.54, 1.807) is 23.7 Å². The Balaban J connectivity index is 2.16. The summed E-state index contributed by atoms with van der Waals surface area (Å²) in [6.07, 6.45) is 1.15. The first-order valence-corrected chi connectivity index (χ1v) is 5.92. The Labute approximate surface area is 105 Å². The average Bonchev–Trinajstić information content (AvgIpc) is 2.79. The highest BCUT2D eigenvalue weighted by Crippen LogP contribution is 2.19. The van der Waals surface area contributed by atoms with Gasteiger partial charge in [-0.1, -0.05) is 12.1 Å². The summed E-state index contributed by atoms with van der Waals surface area (Å²) in [6.45, 7) is 4.36. The summed E-state index contributed by atoms with van der Waals surface area (Å²) < 4.78 is 14.9. The molecule has 0 radical (unpaired) electrons. The van der Waals surface area contributed by atoms with Crippen LogP contribution in [-0.4, -0.2) is 19.9 Å². The summed E-state index contributed by atoms with van der Waals surface area (Å²) in [4.78, 5) is 4.11. The van der Waals surface area contributed by atoms with Gasteiger partial charge in [-0.15, -0.1) is 0 Å². The zero-order valence-electron chi connectivity index (χ0n) is 10.5. The number of aryl methyl sites for hydroxylation is 2. The molecule has 0 spiro atoms. The van der Waals surface area contributed by atoms with E-state index < -0.39 is 6.10 Å². The Morgan fingerprint density at radius 1 is 1.44 bits per heavy atom. The molecule has 2 rings (SSSR count). The number of halogens is 1. The number of nitrogens with zero attached hydrogens (tertiary/aromatic N) is 3. The van der Waals surface area contributed by atoms with Crippen molar-refractivity contribution in [2.24, 2.45) is 0 Å². The van der Waals surface area contributed by atoms with Crippen LogP contribution in [-0.2, 0) is 13.0 Å². The molecule has 0 saturated carbocycles. The van der Waals surface area contributed by atoms with Gasteiger partial charge in [0.25, 0.3) is 0 Å². The molecule has 4 nitrogen and oxygen atoms in total. The van der Waals surface area contributed by atoms with Crippen LogP contribution in [0.2, 0.25) is 0 Å². The lowest BCUT2D eigenvalue weighted by atomic mass is 10.0. The molecule has 0 saturated heterocycles. The monoisotopic (exact) mass is 249 g/mol. The molecule has 2 aromatic rings. The largest absolute Gasteiger partial charge is 0.388 e. The minimum absolute atomic E-state index is 0.261. The van der Waals surface area contributed by atoms with Gasteiger partial charge in [0.05, 0.1) is 6.10 Å². The third-order valence-electron chi connectivity index (χ3n) is 2.94. The Morgan fingerprint density at radius 3 is 2.89 bits per heavy atom. The topological polar surface area (TPSA) is 50.9 Å². The normalized spacial score (nSPS) is 12.7. The van der Waals surface area contributed by atoms with Crippen molar-refractivity contribution >= 4 is 0 Å². The van der Waals surface area contributed by atoms with Gasteiger partial charge < -0.3 is 5.11 Å². The maximum Gasteiger partial charge on any atom is 0.138 e. The van der Waals surface area contributed by atoms with Gasteiger partial charge in [0, 0.05) is 13.0 Å². The first kappa shape index (κ1) is 12.7. The highest BCUT2D eigenvalue weighted by Gasteiger charge is 2.13. The predicted octanol–water partition coefficient (Wildman–Crippen LogP) is 2.02. The quantitative estimate of drug-likeness (QED) is 0.902. The highest BCUT2D eigenvalue weighted by molar-refractivity contribution is 5.26. The lowest BCUT2D eigenvalue weighted by molar-refractivity contribution is 0.174. The van der Waals surface area contributed by atoms with Crippen LogP contribution >= 0.6 is 0 Å². The number of benzene rings is 1. The second-order valence-corrected chi connectivity index (χ2v) is 4.22. The van der Waals surface area contributed by atoms with E-state index in [2.05, 4.69) is 10.1 Å². The van der Waals surface area contributed by atoms with E-state index in [0.717, 1.165) is 5.82 Å². The van der Waals surface area contributed by atoms with Crippen LogP contribution in [0.25, 0.3) is 0 Å². The molecule has 0 amide bonds. The maximum atomic E-state index is 13.2. The zero-order valence-corrected chi connectivity index (χ0v) is 10.5. The number of hydrogen-bond acceptors (Lipinski definition) is 3. The Morgan fingerprint density at radius 2 is 2.22 bits per heavy atom. The van der Waals surface area contributed by atoms with E-state index in [4.69, 9.17) is 0 Å². The van der Waals surface area contributed by atoms with Gasteiger partial charge in [0.2, 0.25) is 0 Å². The SMILES string of the molecule is CCn1ncnc1CC(O)c1ccc(F)c(C)c1. The molecular weight excluding hydrogens is 233 g/mol. The first-order chi connectivity index (χ1) is 8.61.